The lowest BCUT2D eigenvalue weighted by Gasteiger charge is -2.35. The number of nitrogens with zero attached hydrogens (tertiary/aromatic N) is 2. The molecule has 7 nitrogen and oxygen atoms in total. The van der Waals surface area contributed by atoms with Gasteiger partial charge in [-0.3, -0.25) is 14.5 Å². The molecule has 3 rings (SSSR count). The number of rotatable bonds is 5. The van der Waals surface area contributed by atoms with Crippen molar-refractivity contribution >= 4 is 23.3 Å². The van der Waals surface area contributed by atoms with Crippen molar-refractivity contribution in [1.82, 2.24) is 4.90 Å². The Morgan fingerprint density at radius 3 is 2.52 bits per heavy atom. The monoisotopic (exact) mass is 347 g/mol. The largest absolute Gasteiger partial charge is 0.468 e. The van der Waals surface area contributed by atoms with Crippen LogP contribution in [0.5, 0.6) is 0 Å². The van der Waals surface area contributed by atoms with Crippen LogP contribution in [0, 0.1) is 0 Å². The van der Waals surface area contributed by atoms with Gasteiger partial charge in [0.1, 0.15) is 6.10 Å². The third kappa shape index (κ3) is 4.70. The van der Waals surface area contributed by atoms with Gasteiger partial charge in [-0.2, -0.15) is 0 Å². The first kappa shape index (κ1) is 17.7. The number of piperazine rings is 1. The van der Waals surface area contributed by atoms with E-state index in [-0.39, 0.29) is 18.0 Å². The standard InChI is InChI=1S/C18H25N3O4/c1-24-17(22)13-20-8-10-21(11-9-20)15-6-4-14(5-7-15)19-18(23)16-3-2-12-25-16/h4-7,16H,2-3,8-13H2,1H3,(H,19,23). The molecule has 2 fully saturated rings. The second-order valence-electron chi connectivity index (χ2n) is 6.38. The molecule has 0 radical (unpaired) electrons. The van der Waals surface area contributed by atoms with E-state index < -0.39 is 0 Å². The molecule has 2 aliphatic rings. The van der Waals surface area contributed by atoms with Gasteiger partial charge >= 0.3 is 5.97 Å². The molecule has 1 atom stereocenters. The molecule has 0 aromatic heterocycles. The van der Waals surface area contributed by atoms with Crippen LogP contribution in [0.15, 0.2) is 24.3 Å². The number of hydrogen-bond acceptors (Lipinski definition) is 6. The molecule has 2 aliphatic heterocycles. The van der Waals surface area contributed by atoms with Crippen molar-refractivity contribution in [3.05, 3.63) is 24.3 Å². The molecule has 1 unspecified atom stereocenters. The molecule has 2 heterocycles. The fourth-order valence-electron chi connectivity index (χ4n) is 3.17. The van der Waals surface area contributed by atoms with Crippen LogP contribution >= 0.6 is 0 Å². The predicted octanol–water partition coefficient (Wildman–Crippen LogP) is 1.10. The maximum atomic E-state index is 12.1. The molecule has 1 N–H and O–H groups in total. The topological polar surface area (TPSA) is 71.1 Å². The Labute approximate surface area is 147 Å². The minimum atomic E-state index is -0.317. The summed E-state index contributed by atoms with van der Waals surface area (Å²) < 4.78 is 10.1. The van der Waals surface area contributed by atoms with Crippen LogP contribution in [0.1, 0.15) is 12.8 Å². The van der Waals surface area contributed by atoms with Crippen molar-refractivity contribution in [1.29, 1.82) is 0 Å². The fraction of sp³-hybridized carbons (Fsp3) is 0.556. The first-order valence-electron chi connectivity index (χ1n) is 8.72. The normalized spacial score (nSPS) is 21.2. The molecule has 0 bridgehead atoms. The van der Waals surface area contributed by atoms with Gasteiger partial charge in [-0.15, -0.1) is 0 Å². The summed E-state index contributed by atoms with van der Waals surface area (Å²) in [6.45, 7) is 4.38. The maximum Gasteiger partial charge on any atom is 0.319 e. The SMILES string of the molecule is COC(=O)CN1CCN(c2ccc(NC(=O)C3CCCO3)cc2)CC1. The lowest BCUT2D eigenvalue weighted by atomic mass is 10.2. The van der Waals surface area contributed by atoms with Gasteiger partial charge in [0.2, 0.25) is 0 Å². The van der Waals surface area contributed by atoms with Crippen molar-refractivity contribution < 1.29 is 19.1 Å². The van der Waals surface area contributed by atoms with Gasteiger partial charge in [-0.25, -0.2) is 0 Å². The second-order valence-corrected chi connectivity index (χ2v) is 6.38. The Bertz CT molecular complexity index is 591. The van der Waals surface area contributed by atoms with Crippen molar-refractivity contribution in [3.8, 4) is 0 Å². The minimum Gasteiger partial charge on any atom is -0.468 e. The van der Waals surface area contributed by atoms with E-state index in [2.05, 4.69) is 15.1 Å². The summed E-state index contributed by atoms with van der Waals surface area (Å²) in [6.07, 6.45) is 1.42. The number of carbonyl (C=O) groups is 2. The number of esters is 1. The second kappa shape index (κ2) is 8.31. The van der Waals surface area contributed by atoms with Crippen molar-refractivity contribution in [2.24, 2.45) is 0 Å². The van der Waals surface area contributed by atoms with Gasteiger partial charge < -0.3 is 19.7 Å². The van der Waals surface area contributed by atoms with Crippen LogP contribution in [-0.2, 0) is 19.1 Å². The van der Waals surface area contributed by atoms with Gasteiger partial charge in [0, 0.05) is 44.2 Å². The Morgan fingerprint density at radius 2 is 1.92 bits per heavy atom. The predicted molar refractivity (Wildman–Crippen MR) is 94.7 cm³/mol. The molecule has 1 amide bonds. The number of carbonyl (C=O) groups excluding carboxylic acids is 2. The molecule has 0 aliphatic carbocycles. The Kier molecular flexibility index (Phi) is 5.88. The lowest BCUT2D eigenvalue weighted by molar-refractivity contribution is -0.142. The van der Waals surface area contributed by atoms with Crippen LogP contribution in [0.2, 0.25) is 0 Å². The van der Waals surface area contributed by atoms with Crippen LogP contribution in [0.25, 0.3) is 0 Å². The molecule has 136 valence electrons. The van der Waals surface area contributed by atoms with Crippen molar-refractivity contribution in [2.75, 3.05) is 56.7 Å². The first-order chi connectivity index (χ1) is 12.2. The summed E-state index contributed by atoms with van der Waals surface area (Å²) >= 11 is 0. The lowest BCUT2D eigenvalue weighted by Crippen LogP contribution is -2.48. The van der Waals surface area contributed by atoms with E-state index in [4.69, 9.17) is 9.47 Å². The van der Waals surface area contributed by atoms with E-state index in [0.717, 1.165) is 50.4 Å². The van der Waals surface area contributed by atoms with E-state index in [1.54, 1.807) is 0 Å². The zero-order chi connectivity index (χ0) is 17.6. The molecular weight excluding hydrogens is 322 g/mol. The van der Waals surface area contributed by atoms with Crippen molar-refractivity contribution in [3.63, 3.8) is 0 Å². The molecule has 25 heavy (non-hydrogen) atoms. The highest BCUT2D eigenvalue weighted by Gasteiger charge is 2.23. The number of benzene rings is 1. The smallest absolute Gasteiger partial charge is 0.319 e. The van der Waals surface area contributed by atoms with E-state index in [1.165, 1.54) is 7.11 Å². The molecule has 0 spiro atoms. The zero-order valence-corrected chi connectivity index (χ0v) is 14.6. The van der Waals surface area contributed by atoms with E-state index in [9.17, 15) is 9.59 Å². The van der Waals surface area contributed by atoms with E-state index >= 15 is 0 Å². The number of amides is 1. The number of ether oxygens (including phenoxy) is 2. The van der Waals surface area contributed by atoms with Gasteiger partial charge in [-0.05, 0) is 37.1 Å². The average Bonchev–Trinajstić information content (AvgIpc) is 3.18. The fourth-order valence-corrected chi connectivity index (χ4v) is 3.17. The average molecular weight is 347 g/mol. The summed E-state index contributed by atoms with van der Waals surface area (Å²) in [7, 11) is 1.41. The molecular formula is C18H25N3O4. The third-order valence-electron chi connectivity index (χ3n) is 4.67. The van der Waals surface area contributed by atoms with Gasteiger partial charge in [-0.1, -0.05) is 0 Å². The molecule has 1 aromatic rings. The summed E-state index contributed by atoms with van der Waals surface area (Å²) in [4.78, 5) is 27.8. The number of anilines is 2. The Hall–Kier alpha value is -2.12. The van der Waals surface area contributed by atoms with Crippen LogP contribution in [-0.4, -0.2) is 69.3 Å². The number of methoxy groups -OCH3 is 1. The van der Waals surface area contributed by atoms with Gasteiger partial charge in [0.05, 0.1) is 13.7 Å². The summed E-state index contributed by atoms with van der Waals surface area (Å²) in [5, 5.41) is 2.91. The Morgan fingerprint density at radius 1 is 1.20 bits per heavy atom. The van der Waals surface area contributed by atoms with Crippen molar-refractivity contribution in [2.45, 2.75) is 18.9 Å². The number of hydrogen-bond donors (Lipinski definition) is 1. The first-order valence-corrected chi connectivity index (χ1v) is 8.72. The van der Waals surface area contributed by atoms with Gasteiger partial charge in [0.25, 0.3) is 5.91 Å². The highest BCUT2D eigenvalue weighted by atomic mass is 16.5. The molecule has 1 aromatic carbocycles. The number of nitrogens with one attached hydrogen (secondary N) is 1. The molecule has 7 heteroatoms. The maximum absolute atomic E-state index is 12.1. The highest BCUT2D eigenvalue weighted by molar-refractivity contribution is 5.94. The third-order valence-corrected chi connectivity index (χ3v) is 4.67. The van der Waals surface area contributed by atoms with Crippen LogP contribution in [0.4, 0.5) is 11.4 Å². The van der Waals surface area contributed by atoms with Crippen LogP contribution < -0.4 is 10.2 Å². The zero-order valence-electron chi connectivity index (χ0n) is 14.6. The summed E-state index contributed by atoms with van der Waals surface area (Å²) in [6, 6.07) is 7.87. The van der Waals surface area contributed by atoms with E-state index in [0.29, 0.717) is 13.2 Å². The Balaban J connectivity index is 1.49. The summed E-state index contributed by atoms with van der Waals surface area (Å²) in [5.74, 6) is -0.263. The molecule has 2 saturated heterocycles. The van der Waals surface area contributed by atoms with Crippen LogP contribution in [0.3, 0.4) is 0 Å². The summed E-state index contributed by atoms with van der Waals surface area (Å²) in [5.41, 5.74) is 1.90. The highest BCUT2D eigenvalue weighted by Crippen LogP contribution is 2.21. The minimum absolute atomic E-state index is 0.0679. The quantitative estimate of drug-likeness (QED) is 0.805. The molecule has 0 saturated carbocycles. The van der Waals surface area contributed by atoms with Gasteiger partial charge in [0.15, 0.2) is 0 Å². The van der Waals surface area contributed by atoms with E-state index in [1.807, 2.05) is 24.3 Å².